The fourth-order valence-corrected chi connectivity index (χ4v) is 1.82. The molecular formula is C12H17ClO. The van der Waals surface area contributed by atoms with Crippen molar-refractivity contribution in [3.8, 4) is 5.75 Å². The lowest BCUT2D eigenvalue weighted by molar-refractivity contribution is 0.338. The molecule has 1 aromatic rings. The molecule has 0 fully saturated rings. The van der Waals surface area contributed by atoms with Gasteiger partial charge in [-0.1, -0.05) is 31.5 Å². The number of ether oxygens (including phenoxy) is 1. The maximum atomic E-state index is 6.25. The lowest BCUT2D eigenvalue weighted by atomic mass is 10.0. The van der Waals surface area contributed by atoms with Crippen LogP contribution in [0.5, 0.6) is 5.75 Å². The molecule has 78 valence electrons. The number of hydrogen-bond acceptors (Lipinski definition) is 1. The Morgan fingerprint density at radius 2 is 2.00 bits per heavy atom. The van der Waals surface area contributed by atoms with Crippen LogP contribution in [-0.4, -0.2) is 6.61 Å². The van der Waals surface area contributed by atoms with Gasteiger partial charge in [0, 0.05) is 5.56 Å². The average Bonchev–Trinajstić information content (AvgIpc) is 2.13. The highest BCUT2D eigenvalue weighted by molar-refractivity contribution is 6.32. The Bertz CT molecular complexity index is 318. The molecule has 0 N–H and O–H groups in total. The Morgan fingerprint density at radius 3 is 2.50 bits per heavy atom. The summed E-state index contributed by atoms with van der Waals surface area (Å²) in [4.78, 5) is 0. The number of benzene rings is 1. The molecule has 1 rings (SSSR count). The van der Waals surface area contributed by atoms with Crippen LogP contribution < -0.4 is 4.74 Å². The second-order valence-corrected chi connectivity index (χ2v) is 4.06. The second-order valence-electron chi connectivity index (χ2n) is 3.68. The zero-order valence-electron chi connectivity index (χ0n) is 9.23. The molecule has 0 heterocycles. The van der Waals surface area contributed by atoms with Gasteiger partial charge in [-0.05, 0) is 31.4 Å². The van der Waals surface area contributed by atoms with E-state index in [-0.39, 0.29) is 0 Å². The standard InChI is InChI=1S/C12H17ClO/c1-5-14-11-7-6-10(8(2)3)12(13)9(11)4/h6-8H,5H2,1-4H3. The summed E-state index contributed by atoms with van der Waals surface area (Å²) in [5.74, 6) is 1.35. The Hall–Kier alpha value is -0.690. The van der Waals surface area contributed by atoms with Crippen LogP contribution in [0.1, 0.15) is 37.8 Å². The maximum Gasteiger partial charge on any atom is 0.123 e. The second kappa shape index (κ2) is 4.70. The summed E-state index contributed by atoms with van der Waals surface area (Å²) in [6.45, 7) is 8.93. The topological polar surface area (TPSA) is 9.23 Å². The summed E-state index contributed by atoms with van der Waals surface area (Å²) in [5.41, 5.74) is 2.23. The zero-order valence-corrected chi connectivity index (χ0v) is 9.98. The summed E-state index contributed by atoms with van der Waals surface area (Å²) >= 11 is 6.25. The van der Waals surface area contributed by atoms with Crippen molar-refractivity contribution in [2.45, 2.75) is 33.6 Å². The number of rotatable bonds is 3. The van der Waals surface area contributed by atoms with E-state index >= 15 is 0 Å². The van der Waals surface area contributed by atoms with Crippen molar-refractivity contribution in [2.24, 2.45) is 0 Å². The summed E-state index contributed by atoms with van der Waals surface area (Å²) in [6, 6.07) is 4.05. The minimum Gasteiger partial charge on any atom is -0.494 e. The fourth-order valence-electron chi connectivity index (χ4n) is 1.45. The van der Waals surface area contributed by atoms with E-state index in [2.05, 4.69) is 13.8 Å². The van der Waals surface area contributed by atoms with Crippen LogP contribution in [0, 0.1) is 6.92 Å². The first-order valence-electron chi connectivity index (χ1n) is 4.99. The summed E-state index contributed by atoms with van der Waals surface area (Å²) in [7, 11) is 0. The largest absolute Gasteiger partial charge is 0.494 e. The predicted octanol–water partition coefficient (Wildman–Crippen LogP) is 4.17. The van der Waals surface area contributed by atoms with Crippen molar-refractivity contribution in [1.82, 2.24) is 0 Å². The summed E-state index contributed by atoms with van der Waals surface area (Å²) in [6.07, 6.45) is 0. The van der Waals surface area contributed by atoms with E-state index in [4.69, 9.17) is 16.3 Å². The minimum atomic E-state index is 0.455. The first-order chi connectivity index (χ1) is 6.57. The van der Waals surface area contributed by atoms with Crippen molar-refractivity contribution in [3.63, 3.8) is 0 Å². The van der Waals surface area contributed by atoms with Crippen LogP contribution in [-0.2, 0) is 0 Å². The zero-order chi connectivity index (χ0) is 10.7. The highest BCUT2D eigenvalue weighted by Crippen LogP contribution is 2.32. The predicted molar refractivity (Wildman–Crippen MR) is 61.4 cm³/mol. The third-order valence-corrected chi connectivity index (χ3v) is 2.79. The van der Waals surface area contributed by atoms with E-state index in [1.165, 1.54) is 5.56 Å². The van der Waals surface area contributed by atoms with Gasteiger partial charge in [0.15, 0.2) is 0 Å². The lowest BCUT2D eigenvalue weighted by Gasteiger charge is -2.14. The molecule has 1 aromatic carbocycles. The van der Waals surface area contributed by atoms with Gasteiger partial charge in [0.1, 0.15) is 5.75 Å². The van der Waals surface area contributed by atoms with Crippen LogP contribution in [0.2, 0.25) is 5.02 Å². The van der Waals surface area contributed by atoms with E-state index < -0.39 is 0 Å². The summed E-state index contributed by atoms with van der Waals surface area (Å²) < 4.78 is 5.47. The highest BCUT2D eigenvalue weighted by atomic mass is 35.5. The Labute approximate surface area is 91.0 Å². The molecule has 0 amide bonds. The molecule has 0 saturated heterocycles. The smallest absolute Gasteiger partial charge is 0.123 e. The van der Waals surface area contributed by atoms with E-state index in [1.54, 1.807) is 0 Å². The van der Waals surface area contributed by atoms with Gasteiger partial charge in [0.05, 0.1) is 11.6 Å². The van der Waals surface area contributed by atoms with Gasteiger partial charge >= 0.3 is 0 Å². The van der Waals surface area contributed by atoms with Gasteiger partial charge in [0.2, 0.25) is 0 Å². The molecule has 0 aliphatic heterocycles. The molecule has 0 atom stereocenters. The van der Waals surface area contributed by atoms with E-state index in [1.807, 2.05) is 26.0 Å². The van der Waals surface area contributed by atoms with Gasteiger partial charge in [-0.2, -0.15) is 0 Å². The minimum absolute atomic E-state index is 0.455. The first kappa shape index (κ1) is 11.4. The molecule has 0 saturated carbocycles. The quantitative estimate of drug-likeness (QED) is 0.731. The molecule has 0 spiro atoms. The summed E-state index contributed by atoms with van der Waals surface area (Å²) in [5, 5.41) is 0.839. The van der Waals surface area contributed by atoms with Crippen molar-refractivity contribution in [1.29, 1.82) is 0 Å². The first-order valence-corrected chi connectivity index (χ1v) is 5.37. The molecule has 0 aliphatic rings. The third kappa shape index (κ3) is 2.21. The lowest BCUT2D eigenvalue weighted by Crippen LogP contribution is -1.97. The van der Waals surface area contributed by atoms with E-state index in [0.29, 0.717) is 12.5 Å². The Kier molecular flexibility index (Phi) is 3.82. The number of halogens is 1. The van der Waals surface area contributed by atoms with Crippen molar-refractivity contribution < 1.29 is 4.74 Å². The number of hydrogen-bond donors (Lipinski definition) is 0. The molecule has 2 heteroatoms. The third-order valence-electron chi connectivity index (χ3n) is 2.29. The molecule has 0 bridgehead atoms. The normalized spacial score (nSPS) is 10.7. The van der Waals surface area contributed by atoms with Gasteiger partial charge in [-0.25, -0.2) is 0 Å². The molecule has 0 aromatic heterocycles. The van der Waals surface area contributed by atoms with Crippen LogP contribution in [0.25, 0.3) is 0 Å². The maximum absolute atomic E-state index is 6.25. The fraction of sp³-hybridized carbons (Fsp3) is 0.500. The van der Waals surface area contributed by atoms with E-state index in [9.17, 15) is 0 Å². The molecule has 14 heavy (non-hydrogen) atoms. The highest BCUT2D eigenvalue weighted by Gasteiger charge is 2.10. The van der Waals surface area contributed by atoms with Crippen molar-refractivity contribution in [2.75, 3.05) is 6.61 Å². The van der Waals surface area contributed by atoms with E-state index in [0.717, 1.165) is 16.3 Å². The Morgan fingerprint density at radius 1 is 1.36 bits per heavy atom. The van der Waals surface area contributed by atoms with Crippen LogP contribution in [0.4, 0.5) is 0 Å². The van der Waals surface area contributed by atoms with Gasteiger partial charge in [-0.15, -0.1) is 0 Å². The molecule has 0 unspecified atom stereocenters. The van der Waals surface area contributed by atoms with Gasteiger partial charge in [-0.3, -0.25) is 0 Å². The van der Waals surface area contributed by atoms with Crippen molar-refractivity contribution >= 4 is 11.6 Å². The monoisotopic (exact) mass is 212 g/mol. The molecule has 0 aliphatic carbocycles. The Balaban J connectivity index is 3.12. The molecular weight excluding hydrogens is 196 g/mol. The van der Waals surface area contributed by atoms with Gasteiger partial charge < -0.3 is 4.74 Å². The average molecular weight is 213 g/mol. The SMILES string of the molecule is CCOc1ccc(C(C)C)c(Cl)c1C. The van der Waals surface area contributed by atoms with Crippen LogP contribution in [0.3, 0.4) is 0 Å². The van der Waals surface area contributed by atoms with Crippen molar-refractivity contribution in [3.05, 3.63) is 28.3 Å². The molecule has 1 nitrogen and oxygen atoms in total. The van der Waals surface area contributed by atoms with Crippen LogP contribution in [0.15, 0.2) is 12.1 Å². The van der Waals surface area contributed by atoms with Gasteiger partial charge in [0.25, 0.3) is 0 Å². The molecule has 0 radical (unpaired) electrons. The van der Waals surface area contributed by atoms with Crippen LogP contribution >= 0.6 is 11.6 Å².